The number of nitriles is 1. The fourth-order valence-corrected chi connectivity index (χ4v) is 4.40. The van der Waals surface area contributed by atoms with Crippen LogP contribution in [0.2, 0.25) is 0 Å². The Morgan fingerprint density at radius 3 is 2.53 bits per heavy atom. The summed E-state index contributed by atoms with van der Waals surface area (Å²) in [7, 11) is 0. The summed E-state index contributed by atoms with van der Waals surface area (Å²) in [5, 5.41) is 15.1. The second kappa shape index (κ2) is 9.20. The third kappa shape index (κ3) is 4.14. The van der Waals surface area contributed by atoms with Gasteiger partial charge in [-0.1, -0.05) is 48.5 Å². The van der Waals surface area contributed by atoms with Crippen LogP contribution in [0.4, 0.5) is 11.4 Å². The molecule has 0 saturated carbocycles. The number of nitrogens with one attached hydrogen (secondary N) is 2. The molecular weight excluding hydrogens is 426 g/mol. The molecule has 7 heteroatoms. The number of carbonyl (C=O) groups excluding carboxylic acids is 2. The quantitative estimate of drug-likeness (QED) is 0.635. The van der Waals surface area contributed by atoms with Gasteiger partial charge in [0.2, 0.25) is 6.17 Å². The number of anilines is 2. The van der Waals surface area contributed by atoms with E-state index in [-0.39, 0.29) is 0 Å². The van der Waals surface area contributed by atoms with E-state index < -0.39 is 18.0 Å². The Labute approximate surface area is 197 Å². The van der Waals surface area contributed by atoms with Gasteiger partial charge < -0.3 is 15.5 Å². The molecule has 0 bridgehead atoms. The molecule has 34 heavy (non-hydrogen) atoms. The molecule has 1 fully saturated rings. The van der Waals surface area contributed by atoms with Crippen LogP contribution in [0.5, 0.6) is 0 Å². The second-order valence-electron chi connectivity index (χ2n) is 8.29. The van der Waals surface area contributed by atoms with Crippen LogP contribution < -0.4 is 15.5 Å². The van der Waals surface area contributed by atoms with Crippen molar-refractivity contribution < 1.29 is 9.59 Å². The Bertz CT molecular complexity index is 1320. The molecule has 3 aromatic carbocycles. The van der Waals surface area contributed by atoms with E-state index in [1.165, 1.54) is 0 Å². The molecule has 7 nitrogen and oxygen atoms in total. The number of nitrogens with zero attached hydrogens (tertiary/aromatic N) is 3. The van der Waals surface area contributed by atoms with Crippen LogP contribution in [0.25, 0.3) is 0 Å². The summed E-state index contributed by atoms with van der Waals surface area (Å²) in [5.41, 5.74) is 4.52. The number of benzene rings is 3. The van der Waals surface area contributed by atoms with E-state index in [4.69, 9.17) is 4.99 Å². The van der Waals surface area contributed by atoms with E-state index in [0.717, 1.165) is 37.1 Å². The lowest BCUT2D eigenvalue weighted by Crippen LogP contribution is -2.42. The standard InChI is InChI=1S/C27H23N5O2/c28-17-18-12-13-21(23(16-18)32-14-6-7-15-32)26(33)31-25-27(34)29-22-11-5-4-10-20(22)24(30-25)19-8-2-1-3-9-19/h1-5,8-13,16,25H,6-7,14-15H2,(H,29,34)(H,31,33)/t25-/m1/s1. The first kappa shape index (κ1) is 21.4. The molecule has 0 unspecified atom stereocenters. The van der Waals surface area contributed by atoms with E-state index >= 15 is 0 Å². The van der Waals surface area contributed by atoms with Crippen molar-refractivity contribution >= 4 is 28.9 Å². The number of hydrogen-bond acceptors (Lipinski definition) is 5. The summed E-state index contributed by atoms with van der Waals surface area (Å²) in [6.07, 6.45) is 0.953. The number of para-hydroxylation sites is 1. The van der Waals surface area contributed by atoms with Crippen molar-refractivity contribution in [2.45, 2.75) is 19.0 Å². The maximum absolute atomic E-state index is 13.4. The normalized spacial score (nSPS) is 17.1. The van der Waals surface area contributed by atoms with Crippen LogP contribution in [0.1, 0.15) is 39.9 Å². The number of aliphatic imine (C=N–C) groups is 1. The number of carbonyl (C=O) groups is 2. The number of hydrogen-bond donors (Lipinski definition) is 2. The lowest BCUT2D eigenvalue weighted by Gasteiger charge is -2.22. The lowest BCUT2D eigenvalue weighted by atomic mass is 10.0. The summed E-state index contributed by atoms with van der Waals surface area (Å²) < 4.78 is 0. The predicted octanol–water partition coefficient (Wildman–Crippen LogP) is 3.70. The molecule has 0 spiro atoms. The molecule has 1 atom stereocenters. The first-order valence-corrected chi connectivity index (χ1v) is 11.3. The molecule has 0 aromatic heterocycles. The van der Waals surface area contributed by atoms with Gasteiger partial charge in [-0.2, -0.15) is 5.26 Å². The van der Waals surface area contributed by atoms with Crippen LogP contribution in [0.3, 0.4) is 0 Å². The van der Waals surface area contributed by atoms with Gasteiger partial charge in [0.05, 0.1) is 34.3 Å². The molecule has 3 aromatic rings. The van der Waals surface area contributed by atoms with Gasteiger partial charge in [0.1, 0.15) is 0 Å². The third-order valence-corrected chi connectivity index (χ3v) is 6.08. The average Bonchev–Trinajstić information content (AvgIpc) is 3.37. The van der Waals surface area contributed by atoms with Crippen molar-refractivity contribution in [2.24, 2.45) is 4.99 Å². The van der Waals surface area contributed by atoms with Gasteiger partial charge in [-0.05, 0) is 37.1 Å². The highest BCUT2D eigenvalue weighted by Crippen LogP contribution is 2.27. The van der Waals surface area contributed by atoms with Gasteiger partial charge in [0.15, 0.2) is 0 Å². The SMILES string of the molecule is N#Cc1ccc(C(=O)N[C@H]2N=C(c3ccccc3)c3ccccc3NC2=O)c(N2CCCC2)c1. The average molecular weight is 450 g/mol. The van der Waals surface area contributed by atoms with E-state index in [1.807, 2.05) is 54.6 Å². The van der Waals surface area contributed by atoms with Gasteiger partial charge in [-0.3, -0.25) is 9.59 Å². The van der Waals surface area contributed by atoms with Crippen molar-refractivity contribution in [1.82, 2.24) is 5.32 Å². The monoisotopic (exact) mass is 449 g/mol. The highest BCUT2D eigenvalue weighted by Gasteiger charge is 2.29. The van der Waals surface area contributed by atoms with Crippen molar-refractivity contribution in [2.75, 3.05) is 23.3 Å². The van der Waals surface area contributed by atoms with Gasteiger partial charge in [0, 0.05) is 24.2 Å². The summed E-state index contributed by atoms with van der Waals surface area (Å²) in [6.45, 7) is 1.65. The molecule has 168 valence electrons. The maximum Gasteiger partial charge on any atom is 0.269 e. The van der Waals surface area contributed by atoms with Gasteiger partial charge in [0.25, 0.3) is 11.8 Å². The zero-order chi connectivity index (χ0) is 23.5. The minimum Gasteiger partial charge on any atom is -0.371 e. The Kier molecular flexibility index (Phi) is 5.79. The molecule has 2 aliphatic rings. The van der Waals surface area contributed by atoms with Crippen molar-refractivity contribution in [1.29, 1.82) is 5.26 Å². The number of rotatable bonds is 4. The minimum absolute atomic E-state index is 0.409. The number of benzodiazepines with no additional fused rings is 1. The van der Waals surface area contributed by atoms with Gasteiger partial charge in [-0.15, -0.1) is 0 Å². The van der Waals surface area contributed by atoms with Gasteiger partial charge >= 0.3 is 0 Å². The fourth-order valence-electron chi connectivity index (χ4n) is 4.40. The number of fused-ring (bicyclic) bond motifs is 1. The molecule has 1 saturated heterocycles. The summed E-state index contributed by atoms with van der Waals surface area (Å²) in [4.78, 5) is 33.3. The van der Waals surface area contributed by atoms with E-state index in [9.17, 15) is 14.9 Å². The van der Waals surface area contributed by atoms with Crippen molar-refractivity contribution in [3.8, 4) is 6.07 Å². The van der Waals surface area contributed by atoms with Crippen molar-refractivity contribution in [3.05, 3.63) is 95.1 Å². The molecule has 2 heterocycles. The zero-order valence-corrected chi connectivity index (χ0v) is 18.5. The molecule has 5 rings (SSSR count). The van der Waals surface area contributed by atoms with Crippen LogP contribution >= 0.6 is 0 Å². The highest BCUT2D eigenvalue weighted by atomic mass is 16.2. The molecule has 2 amide bonds. The largest absolute Gasteiger partial charge is 0.371 e. The first-order chi connectivity index (χ1) is 16.6. The Balaban J connectivity index is 1.52. The molecule has 2 N–H and O–H groups in total. The highest BCUT2D eigenvalue weighted by molar-refractivity contribution is 6.20. The Morgan fingerprint density at radius 2 is 1.76 bits per heavy atom. The third-order valence-electron chi connectivity index (χ3n) is 6.08. The van der Waals surface area contributed by atoms with Gasteiger partial charge in [-0.25, -0.2) is 4.99 Å². The Morgan fingerprint density at radius 1 is 1.03 bits per heavy atom. The number of amides is 2. The fraction of sp³-hybridized carbons (Fsp3) is 0.185. The smallest absolute Gasteiger partial charge is 0.269 e. The van der Waals surface area contributed by atoms with E-state index in [0.29, 0.717) is 28.2 Å². The van der Waals surface area contributed by atoms with E-state index in [1.54, 1.807) is 18.2 Å². The molecule has 0 radical (unpaired) electrons. The van der Waals surface area contributed by atoms with Crippen LogP contribution in [-0.2, 0) is 4.79 Å². The van der Waals surface area contributed by atoms with E-state index in [2.05, 4.69) is 21.6 Å². The van der Waals surface area contributed by atoms with Crippen LogP contribution in [-0.4, -0.2) is 36.8 Å². The second-order valence-corrected chi connectivity index (χ2v) is 8.29. The first-order valence-electron chi connectivity index (χ1n) is 11.3. The van der Waals surface area contributed by atoms with Crippen LogP contribution in [0.15, 0.2) is 77.8 Å². The zero-order valence-electron chi connectivity index (χ0n) is 18.5. The summed E-state index contributed by atoms with van der Waals surface area (Å²) in [5.74, 6) is -0.822. The summed E-state index contributed by atoms with van der Waals surface area (Å²) in [6, 6.07) is 24.2. The molecule has 2 aliphatic heterocycles. The minimum atomic E-state index is -1.11. The lowest BCUT2D eigenvalue weighted by molar-refractivity contribution is -0.117. The topological polar surface area (TPSA) is 97.6 Å². The maximum atomic E-state index is 13.4. The molecular formula is C27H23N5O2. The Hall–Kier alpha value is -4.44. The molecule has 0 aliphatic carbocycles. The summed E-state index contributed by atoms with van der Waals surface area (Å²) >= 11 is 0. The van der Waals surface area contributed by atoms with Crippen LogP contribution in [0, 0.1) is 11.3 Å². The van der Waals surface area contributed by atoms with Crippen molar-refractivity contribution in [3.63, 3.8) is 0 Å². The predicted molar refractivity (Wildman–Crippen MR) is 131 cm³/mol.